The second-order valence-electron chi connectivity index (χ2n) is 6.42. The van der Waals surface area contributed by atoms with Gasteiger partial charge in [0.2, 0.25) is 17.6 Å². The lowest BCUT2D eigenvalue weighted by molar-refractivity contribution is -0.129. The number of carbonyl (C=O) groups is 1. The average molecular weight is 351 g/mol. The molecular weight excluding hydrogens is 333 g/mol. The van der Waals surface area contributed by atoms with Gasteiger partial charge in [-0.2, -0.15) is 4.98 Å². The molecule has 2 heterocycles. The van der Waals surface area contributed by atoms with E-state index in [0.717, 1.165) is 12.0 Å². The normalized spacial score (nSPS) is 16.8. The van der Waals surface area contributed by atoms with Crippen LogP contribution < -0.4 is 0 Å². The standard InChI is InChI=1S/C20H18FN3O2/c21-17-9-5-4-8-15(17)12-18(25)24-11-10-16(13-24)20-22-19(23-26-20)14-6-2-1-3-7-14/h1-9,16H,10-13H2. The maximum Gasteiger partial charge on any atom is 0.231 e. The van der Waals surface area contributed by atoms with Gasteiger partial charge < -0.3 is 9.42 Å². The van der Waals surface area contributed by atoms with Crippen molar-refractivity contribution in [1.82, 2.24) is 15.0 Å². The second kappa shape index (κ2) is 7.07. The molecule has 3 aromatic rings. The van der Waals surface area contributed by atoms with Gasteiger partial charge in [-0.1, -0.05) is 53.7 Å². The minimum atomic E-state index is -0.346. The number of aromatic nitrogens is 2. The Bertz CT molecular complexity index is 910. The fourth-order valence-corrected chi connectivity index (χ4v) is 3.21. The van der Waals surface area contributed by atoms with Crippen LogP contribution in [0.15, 0.2) is 59.1 Å². The first-order valence-electron chi connectivity index (χ1n) is 8.61. The summed E-state index contributed by atoms with van der Waals surface area (Å²) in [5, 5.41) is 4.04. The zero-order valence-corrected chi connectivity index (χ0v) is 14.1. The molecular formula is C20H18FN3O2. The van der Waals surface area contributed by atoms with Gasteiger partial charge in [0.1, 0.15) is 5.82 Å². The van der Waals surface area contributed by atoms with Gasteiger partial charge in [-0.25, -0.2) is 4.39 Å². The smallest absolute Gasteiger partial charge is 0.231 e. The van der Waals surface area contributed by atoms with Crippen molar-refractivity contribution in [2.75, 3.05) is 13.1 Å². The van der Waals surface area contributed by atoms with E-state index >= 15 is 0 Å². The van der Waals surface area contributed by atoms with E-state index in [1.165, 1.54) is 6.07 Å². The van der Waals surface area contributed by atoms with Gasteiger partial charge in [-0.05, 0) is 18.1 Å². The highest BCUT2D eigenvalue weighted by molar-refractivity contribution is 5.79. The Morgan fingerprint density at radius 3 is 2.73 bits per heavy atom. The summed E-state index contributed by atoms with van der Waals surface area (Å²) < 4.78 is 19.1. The predicted octanol–water partition coefficient (Wildman–Crippen LogP) is 3.43. The van der Waals surface area contributed by atoms with Crippen LogP contribution in [0.3, 0.4) is 0 Å². The van der Waals surface area contributed by atoms with Crippen LogP contribution in [0, 0.1) is 5.82 Å². The topological polar surface area (TPSA) is 59.2 Å². The van der Waals surface area contributed by atoms with E-state index in [0.29, 0.717) is 30.4 Å². The second-order valence-corrected chi connectivity index (χ2v) is 6.42. The zero-order valence-electron chi connectivity index (χ0n) is 14.1. The molecule has 1 aromatic heterocycles. The van der Waals surface area contributed by atoms with Crippen molar-refractivity contribution in [2.45, 2.75) is 18.8 Å². The summed E-state index contributed by atoms with van der Waals surface area (Å²) in [7, 11) is 0. The number of benzene rings is 2. The third kappa shape index (κ3) is 3.35. The van der Waals surface area contributed by atoms with Crippen LogP contribution in [0.25, 0.3) is 11.4 Å². The van der Waals surface area contributed by atoms with Crippen molar-refractivity contribution in [2.24, 2.45) is 0 Å². The van der Waals surface area contributed by atoms with Crippen molar-refractivity contribution in [3.8, 4) is 11.4 Å². The van der Waals surface area contributed by atoms with Crippen LogP contribution in [0.2, 0.25) is 0 Å². The highest BCUT2D eigenvalue weighted by Crippen LogP contribution is 2.28. The van der Waals surface area contributed by atoms with E-state index in [-0.39, 0.29) is 24.1 Å². The lowest BCUT2D eigenvalue weighted by Gasteiger charge is -2.16. The number of nitrogens with zero attached hydrogens (tertiary/aromatic N) is 3. The van der Waals surface area contributed by atoms with Gasteiger partial charge in [-0.3, -0.25) is 4.79 Å². The van der Waals surface area contributed by atoms with E-state index in [9.17, 15) is 9.18 Å². The molecule has 132 valence electrons. The monoisotopic (exact) mass is 351 g/mol. The molecule has 4 rings (SSSR count). The highest BCUT2D eigenvalue weighted by Gasteiger charge is 2.31. The van der Waals surface area contributed by atoms with Gasteiger partial charge in [0.25, 0.3) is 0 Å². The van der Waals surface area contributed by atoms with E-state index in [1.807, 2.05) is 30.3 Å². The van der Waals surface area contributed by atoms with Gasteiger partial charge in [-0.15, -0.1) is 0 Å². The highest BCUT2D eigenvalue weighted by atomic mass is 19.1. The summed E-state index contributed by atoms with van der Waals surface area (Å²) in [4.78, 5) is 18.7. The fourth-order valence-electron chi connectivity index (χ4n) is 3.21. The molecule has 0 aliphatic carbocycles. The van der Waals surface area contributed by atoms with Crippen LogP contribution in [0.1, 0.15) is 23.8 Å². The Balaban J connectivity index is 1.42. The first-order chi connectivity index (χ1) is 12.7. The van der Waals surface area contributed by atoms with Crippen LogP contribution in [0.5, 0.6) is 0 Å². The molecule has 1 unspecified atom stereocenters. The zero-order chi connectivity index (χ0) is 17.9. The Morgan fingerprint density at radius 1 is 1.15 bits per heavy atom. The minimum absolute atomic E-state index is 0.0181. The van der Waals surface area contributed by atoms with Crippen molar-refractivity contribution in [3.05, 3.63) is 71.9 Å². The Morgan fingerprint density at radius 2 is 1.92 bits per heavy atom. The SMILES string of the molecule is O=C(Cc1ccccc1F)N1CCC(c2nc(-c3ccccc3)no2)C1. The number of halogens is 1. The quantitative estimate of drug-likeness (QED) is 0.722. The Kier molecular flexibility index (Phi) is 4.48. The maximum absolute atomic E-state index is 13.7. The molecule has 0 saturated carbocycles. The van der Waals surface area contributed by atoms with Gasteiger partial charge in [0.05, 0.1) is 12.3 Å². The average Bonchev–Trinajstić information content (AvgIpc) is 3.34. The van der Waals surface area contributed by atoms with Crippen LogP contribution >= 0.6 is 0 Å². The summed E-state index contributed by atoms with van der Waals surface area (Å²) in [5.74, 6) is 0.688. The fraction of sp³-hybridized carbons (Fsp3) is 0.250. The summed E-state index contributed by atoms with van der Waals surface area (Å²) in [6, 6.07) is 16.0. The number of amides is 1. The molecule has 1 aliphatic rings. The number of hydrogen-bond donors (Lipinski definition) is 0. The minimum Gasteiger partial charge on any atom is -0.342 e. The molecule has 5 nitrogen and oxygen atoms in total. The molecule has 0 radical (unpaired) electrons. The summed E-state index contributed by atoms with van der Waals surface area (Å²) in [6.45, 7) is 1.13. The molecule has 1 fully saturated rings. The van der Waals surface area contributed by atoms with Crippen molar-refractivity contribution in [1.29, 1.82) is 0 Å². The van der Waals surface area contributed by atoms with E-state index in [4.69, 9.17) is 4.52 Å². The van der Waals surface area contributed by atoms with Gasteiger partial charge in [0, 0.05) is 18.7 Å². The predicted molar refractivity (Wildman–Crippen MR) is 93.8 cm³/mol. The molecule has 1 amide bonds. The first-order valence-corrected chi connectivity index (χ1v) is 8.61. The Labute approximate surface area is 150 Å². The maximum atomic E-state index is 13.7. The van der Waals surface area contributed by atoms with Crippen molar-refractivity contribution in [3.63, 3.8) is 0 Å². The third-order valence-electron chi connectivity index (χ3n) is 4.66. The molecule has 1 atom stereocenters. The van der Waals surface area contributed by atoms with Crippen LogP contribution in [-0.2, 0) is 11.2 Å². The molecule has 0 bridgehead atoms. The molecule has 1 saturated heterocycles. The van der Waals surface area contributed by atoms with Crippen molar-refractivity contribution >= 4 is 5.91 Å². The molecule has 0 N–H and O–H groups in total. The van der Waals surface area contributed by atoms with Gasteiger partial charge >= 0.3 is 0 Å². The lowest BCUT2D eigenvalue weighted by Crippen LogP contribution is -2.30. The summed E-state index contributed by atoms with van der Waals surface area (Å²) >= 11 is 0. The Hall–Kier alpha value is -3.02. The van der Waals surface area contributed by atoms with Gasteiger partial charge in [0.15, 0.2) is 0 Å². The number of hydrogen-bond acceptors (Lipinski definition) is 4. The molecule has 1 aliphatic heterocycles. The molecule has 2 aromatic carbocycles. The number of rotatable bonds is 4. The lowest BCUT2D eigenvalue weighted by atomic mass is 10.1. The molecule has 26 heavy (non-hydrogen) atoms. The van der Waals surface area contributed by atoms with E-state index in [1.54, 1.807) is 23.1 Å². The van der Waals surface area contributed by atoms with Crippen LogP contribution in [0.4, 0.5) is 4.39 Å². The largest absolute Gasteiger partial charge is 0.342 e. The summed E-state index contributed by atoms with van der Waals surface area (Å²) in [6.07, 6.45) is 0.831. The number of carbonyl (C=O) groups excluding carboxylic acids is 1. The van der Waals surface area contributed by atoms with Crippen LogP contribution in [-0.4, -0.2) is 34.0 Å². The van der Waals surface area contributed by atoms with E-state index in [2.05, 4.69) is 10.1 Å². The first kappa shape index (κ1) is 16.4. The summed E-state index contributed by atoms with van der Waals surface area (Å²) in [5.41, 5.74) is 1.32. The molecule has 6 heteroatoms. The molecule has 0 spiro atoms. The third-order valence-corrected chi connectivity index (χ3v) is 4.66. The number of likely N-dealkylation sites (tertiary alicyclic amines) is 1. The van der Waals surface area contributed by atoms with Crippen molar-refractivity contribution < 1.29 is 13.7 Å². The van der Waals surface area contributed by atoms with E-state index < -0.39 is 0 Å².